The van der Waals surface area contributed by atoms with E-state index in [0.717, 1.165) is 0 Å². The molecule has 1 radical (unpaired) electrons. The number of carbonyl (C=O) groups excluding carboxylic acids is 1. The van der Waals surface area contributed by atoms with Crippen molar-refractivity contribution in [1.82, 2.24) is 9.97 Å². The molecule has 0 aliphatic carbocycles. The number of nitrogens with zero attached hydrogens (tertiary/aromatic N) is 1. The molecule has 4 nitrogen and oxygen atoms in total. The molecule has 4 heteroatoms. The van der Waals surface area contributed by atoms with Gasteiger partial charge in [0.1, 0.15) is 6.10 Å². The quantitative estimate of drug-likeness (QED) is 0.589. The van der Waals surface area contributed by atoms with E-state index in [2.05, 4.69) is 9.97 Å². The van der Waals surface area contributed by atoms with Crippen molar-refractivity contribution >= 4 is 6.29 Å². The fraction of sp³-hybridized carbons (Fsp3) is 0.333. The van der Waals surface area contributed by atoms with Gasteiger partial charge in [0.25, 0.3) is 0 Å². The van der Waals surface area contributed by atoms with Gasteiger partial charge in [-0.25, -0.2) is 4.98 Å². The molecule has 0 spiro atoms. The lowest BCUT2D eigenvalue weighted by molar-refractivity contribution is 0.234. The van der Waals surface area contributed by atoms with Gasteiger partial charge in [-0.05, 0) is 0 Å². The van der Waals surface area contributed by atoms with Crippen LogP contribution in [0.4, 0.5) is 0 Å². The Morgan fingerprint density at radius 3 is 3.20 bits per heavy atom. The number of imidazole rings is 1. The van der Waals surface area contributed by atoms with Gasteiger partial charge in [-0.2, -0.15) is 0 Å². The number of hydrogen-bond donors (Lipinski definition) is 2. The summed E-state index contributed by atoms with van der Waals surface area (Å²) in [4.78, 5) is 16.3. The Bertz CT molecular complexity index is 196. The van der Waals surface area contributed by atoms with Gasteiger partial charge in [0.2, 0.25) is 6.29 Å². The number of H-pyrrole nitrogens is 1. The lowest BCUT2D eigenvalue weighted by Crippen LogP contribution is -2.11. The zero-order valence-electron chi connectivity index (χ0n) is 5.24. The van der Waals surface area contributed by atoms with E-state index in [0.29, 0.717) is 5.69 Å². The smallest absolute Gasteiger partial charge is 0.229 e. The molecular weight excluding hydrogens is 132 g/mol. The highest BCUT2D eigenvalue weighted by atomic mass is 16.3. The second kappa shape index (κ2) is 3.12. The predicted octanol–water partition coefficient (Wildman–Crippen LogP) is -0.577. The summed E-state index contributed by atoms with van der Waals surface area (Å²) >= 11 is 0. The largest absolute Gasteiger partial charge is 0.384 e. The summed E-state index contributed by atoms with van der Waals surface area (Å²) in [6.07, 6.45) is 3.75. The van der Waals surface area contributed by atoms with Gasteiger partial charge in [-0.1, -0.05) is 0 Å². The molecule has 0 aliphatic rings. The molecule has 1 aromatic rings. The standard InChI is InChI=1S/C6H7N2O2/c9-3-6(10)1-5-2-7-4-8-5/h2,4,6,10H,1H2,(H,7,8). The minimum absolute atomic E-state index is 0.229. The van der Waals surface area contributed by atoms with Gasteiger partial charge in [0, 0.05) is 12.6 Å². The zero-order chi connectivity index (χ0) is 7.40. The lowest BCUT2D eigenvalue weighted by Gasteiger charge is -1.95. The van der Waals surface area contributed by atoms with Crippen LogP contribution in [-0.4, -0.2) is 27.5 Å². The first kappa shape index (κ1) is 6.95. The third-order valence-corrected chi connectivity index (χ3v) is 1.09. The summed E-state index contributed by atoms with van der Waals surface area (Å²) in [7, 11) is 0. The van der Waals surface area contributed by atoms with E-state index in [-0.39, 0.29) is 6.42 Å². The molecule has 53 valence electrons. The molecule has 1 aromatic heterocycles. The van der Waals surface area contributed by atoms with Crippen molar-refractivity contribution in [2.24, 2.45) is 0 Å². The van der Waals surface area contributed by atoms with Gasteiger partial charge in [0.05, 0.1) is 12.0 Å². The van der Waals surface area contributed by atoms with Crippen LogP contribution in [0.15, 0.2) is 12.5 Å². The average molecular weight is 139 g/mol. The van der Waals surface area contributed by atoms with Crippen LogP contribution in [0, 0.1) is 0 Å². The van der Waals surface area contributed by atoms with Gasteiger partial charge >= 0.3 is 0 Å². The number of aromatic nitrogens is 2. The molecule has 0 amide bonds. The number of hydrogen-bond acceptors (Lipinski definition) is 3. The van der Waals surface area contributed by atoms with Crippen LogP contribution in [0.25, 0.3) is 0 Å². The summed E-state index contributed by atoms with van der Waals surface area (Å²) < 4.78 is 0. The van der Waals surface area contributed by atoms with E-state index >= 15 is 0 Å². The fourth-order valence-corrected chi connectivity index (χ4v) is 0.642. The molecule has 0 aromatic carbocycles. The van der Waals surface area contributed by atoms with Crippen LogP contribution >= 0.6 is 0 Å². The van der Waals surface area contributed by atoms with Gasteiger partial charge in [0.15, 0.2) is 0 Å². The molecule has 0 aliphatic heterocycles. The highest BCUT2D eigenvalue weighted by molar-refractivity contribution is 5.56. The lowest BCUT2D eigenvalue weighted by atomic mass is 10.2. The molecule has 1 heterocycles. The topological polar surface area (TPSA) is 66.0 Å². The first-order chi connectivity index (χ1) is 4.83. The Kier molecular flexibility index (Phi) is 2.17. The Hall–Kier alpha value is -1.16. The van der Waals surface area contributed by atoms with Crippen LogP contribution in [-0.2, 0) is 11.2 Å². The van der Waals surface area contributed by atoms with Crippen LogP contribution in [0.3, 0.4) is 0 Å². The van der Waals surface area contributed by atoms with E-state index in [1.807, 2.05) is 0 Å². The molecule has 2 N–H and O–H groups in total. The Labute approximate surface area is 57.9 Å². The first-order valence-electron chi connectivity index (χ1n) is 2.86. The second-order valence-corrected chi connectivity index (χ2v) is 1.90. The van der Waals surface area contributed by atoms with E-state index in [1.54, 1.807) is 6.20 Å². The van der Waals surface area contributed by atoms with Crippen LogP contribution in [0.5, 0.6) is 0 Å². The van der Waals surface area contributed by atoms with Gasteiger partial charge < -0.3 is 10.1 Å². The molecule has 10 heavy (non-hydrogen) atoms. The highest BCUT2D eigenvalue weighted by Crippen LogP contribution is 1.94. The SMILES string of the molecule is O=[C]C(O)Cc1c[nH]cn1. The Morgan fingerprint density at radius 1 is 1.90 bits per heavy atom. The van der Waals surface area contributed by atoms with Crippen molar-refractivity contribution < 1.29 is 9.90 Å². The minimum Gasteiger partial charge on any atom is -0.384 e. The average Bonchev–Trinajstić information content (AvgIpc) is 2.40. The maximum atomic E-state index is 9.82. The third-order valence-electron chi connectivity index (χ3n) is 1.09. The number of aliphatic hydroxyl groups excluding tert-OH is 1. The maximum absolute atomic E-state index is 9.82. The first-order valence-corrected chi connectivity index (χ1v) is 2.86. The van der Waals surface area contributed by atoms with Crippen molar-refractivity contribution in [3.05, 3.63) is 18.2 Å². The molecule has 1 unspecified atom stereocenters. The highest BCUT2D eigenvalue weighted by Gasteiger charge is 2.04. The van der Waals surface area contributed by atoms with Crippen molar-refractivity contribution in [3.63, 3.8) is 0 Å². The molecule has 0 saturated heterocycles. The molecule has 0 bridgehead atoms. The second-order valence-electron chi connectivity index (χ2n) is 1.90. The normalized spacial score (nSPS) is 12.9. The predicted molar refractivity (Wildman–Crippen MR) is 34.0 cm³/mol. The van der Waals surface area contributed by atoms with E-state index < -0.39 is 6.10 Å². The fourth-order valence-electron chi connectivity index (χ4n) is 0.642. The molecule has 0 saturated carbocycles. The van der Waals surface area contributed by atoms with Crippen LogP contribution in [0.2, 0.25) is 0 Å². The maximum Gasteiger partial charge on any atom is 0.229 e. The number of aromatic amines is 1. The minimum atomic E-state index is -1.05. The summed E-state index contributed by atoms with van der Waals surface area (Å²) in [5.41, 5.74) is 0.663. The van der Waals surface area contributed by atoms with Crippen LogP contribution < -0.4 is 0 Å². The summed E-state index contributed by atoms with van der Waals surface area (Å²) in [5.74, 6) is 0. The number of nitrogens with one attached hydrogen (secondary N) is 1. The zero-order valence-corrected chi connectivity index (χ0v) is 5.24. The van der Waals surface area contributed by atoms with E-state index in [9.17, 15) is 4.79 Å². The molecular formula is C6H7N2O2. The van der Waals surface area contributed by atoms with Crippen LogP contribution in [0.1, 0.15) is 5.69 Å². The monoisotopic (exact) mass is 139 g/mol. The Balaban J connectivity index is 2.47. The number of aliphatic hydroxyl groups is 1. The van der Waals surface area contributed by atoms with E-state index in [4.69, 9.17) is 5.11 Å². The molecule has 1 atom stereocenters. The summed E-state index contributed by atoms with van der Waals surface area (Å²) in [5, 5.41) is 8.75. The Morgan fingerprint density at radius 2 is 2.70 bits per heavy atom. The number of rotatable bonds is 3. The van der Waals surface area contributed by atoms with Crippen molar-refractivity contribution in [2.45, 2.75) is 12.5 Å². The van der Waals surface area contributed by atoms with Crippen molar-refractivity contribution in [3.8, 4) is 0 Å². The van der Waals surface area contributed by atoms with Gasteiger partial charge in [-0.3, -0.25) is 4.79 Å². The summed E-state index contributed by atoms with van der Waals surface area (Å²) in [6, 6.07) is 0. The third kappa shape index (κ3) is 1.66. The molecule has 0 fully saturated rings. The molecule has 1 rings (SSSR count). The van der Waals surface area contributed by atoms with Crippen molar-refractivity contribution in [1.29, 1.82) is 0 Å². The summed E-state index contributed by atoms with van der Waals surface area (Å²) in [6.45, 7) is 0. The van der Waals surface area contributed by atoms with Gasteiger partial charge in [-0.15, -0.1) is 0 Å². The van der Waals surface area contributed by atoms with Crippen molar-refractivity contribution in [2.75, 3.05) is 0 Å². The van der Waals surface area contributed by atoms with E-state index in [1.165, 1.54) is 12.6 Å².